The molecule has 0 saturated carbocycles. The Balaban J connectivity index is 1.96. The van der Waals surface area contributed by atoms with E-state index < -0.39 is 12.1 Å². The lowest BCUT2D eigenvalue weighted by molar-refractivity contribution is -0.176. The predicted octanol–water partition coefficient (Wildman–Crippen LogP) is 4.06. The molecule has 1 aliphatic rings. The van der Waals surface area contributed by atoms with Crippen LogP contribution in [-0.4, -0.2) is 29.2 Å². The smallest absolute Gasteiger partial charge is 0.355 e. The number of halogens is 4. The summed E-state index contributed by atoms with van der Waals surface area (Å²) < 4.78 is 38.8. The van der Waals surface area contributed by atoms with Gasteiger partial charge in [-0.25, -0.2) is 9.97 Å². The van der Waals surface area contributed by atoms with Crippen LogP contribution in [-0.2, 0) is 0 Å². The van der Waals surface area contributed by atoms with Crippen molar-refractivity contribution in [2.75, 3.05) is 18.0 Å². The summed E-state index contributed by atoms with van der Waals surface area (Å²) in [5.41, 5.74) is 0.640. The van der Waals surface area contributed by atoms with Crippen LogP contribution in [0.1, 0.15) is 12.8 Å². The number of alkyl halides is 3. The van der Waals surface area contributed by atoms with Crippen molar-refractivity contribution in [2.45, 2.75) is 19.0 Å². The number of fused-ring (bicyclic) bond motifs is 1. The van der Waals surface area contributed by atoms with Gasteiger partial charge in [-0.3, -0.25) is 0 Å². The maximum Gasteiger partial charge on any atom is 0.393 e. The minimum Gasteiger partial charge on any atom is -0.355 e. The van der Waals surface area contributed by atoms with Gasteiger partial charge in [-0.2, -0.15) is 13.2 Å². The number of hydrogen-bond donors (Lipinski definition) is 0. The van der Waals surface area contributed by atoms with Crippen molar-refractivity contribution in [3.63, 3.8) is 0 Å². The van der Waals surface area contributed by atoms with Gasteiger partial charge in [0.15, 0.2) is 0 Å². The highest BCUT2D eigenvalue weighted by Gasteiger charge is 2.42. The van der Waals surface area contributed by atoms with Crippen LogP contribution < -0.4 is 4.90 Å². The third-order valence-electron chi connectivity index (χ3n) is 3.76. The quantitative estimate of drug-likeness (QED) is 0.794. The second kappa shape index (κ2) is 5.33. The Bertz CT molecular complexity index is 659. The molecule has 1 aromatic carbocycles. The molecule has 0 spiro atoms. The molecule has 3 rings (SSSR count). The van der Waals surface area contributed by atoms with Crippen LogP contribution in [0.2, 0.25) is 5.02 Å². The minimum atomic E-state index is -4.16. The lowest BCUT2D eigenvalue weighted by Gasteiger charge is -2.34. The van der Waals surface area contributed by atoms with Gasteiger partial charge >= 0.3 is 6.18 Å². The fourth-order valence-corrected chi connectivity index (χ4v) is 2.87. The Morgan fingerprint density at radius 3 is 2.81 bits per heavy atom. The van der Waals surface area contributed by atoms with Gasteiger partial charge in [-0.1, -0.05) is 11.6 Å². The largest absolute Gasteiger partial charge is 0.393 e. The van der Waals surface area contributed by atoms with Crippen molar-refractivity contribution in [3.8, 4) is 0 Å². The highest BCUT2D eigenvalue weighted by atomic mass is 35.5. The molecule has 0 amide bonds. The van der Waals surface area contributed by atoms with E-state index in [1.54, 1.807) is 23.1 Å². The molecule has 1 aromatic heterocycles. The molecule has 21 heavy (non-hydrogen) atoms. The van der Waals surface area contributed by atoms with Crippen LogP contribution in [0.4, 0.5) is 19.0 Å². The van der Waals surface area contributed by atoms with Crippen LogP contribution in [0, 0.1) is 5.92 Å². The lowest BCUT2D eigenvalue weighted by Crippen LogP contribution is -2.42. The molecule has 0 aliphatic carbocycles. The topological polar surface area (TPSA) is 29.0 Å². The fraction of sp³-hybridized carbons (Fsp3) is 0.429. The zero-order valence-corrected chi connectivity index (χ0v) is 11.8. The van der Waals surface area contributed by atoms with Gasteiger partial charge < -0.3 is 4.90 Å². The fourth-order valence-electron chi connectivity index (χ4n) is 2.70. The van der Waals surface area contributed by atoms with E-state index in [0.29, 0.717) is 29.3 Å². The summed E-state index contributed by atoms with van der Waals surface area (Å²) in [6.07, 6.45) is -2.12. The molecule has 112 valence electrons. The van der Waals surface area contributed by atoms with Crippen LogP contribution >= 0.6 is 11.6 Å². The molecule has 2 heterocycles. The third-order valence-corrected chi connectivity index (χ3v) is 4.00. The van der Waals surface area contributed by atoms with Gasteiger partial charge in [0, 0.05) is 23.5 Å². The van der Waals surface area contributed by atoms with Crippen molar-refractivity contribution in [1.29, 1.82) is 0 Å². The first-order chi connectivity index (χ1) is 9.95. The van der Waals surface area contributed by atoms with Crippen molar-refractivity contribution in [1.82, 2.24) is 9.97 Å². The van der Waals surface area contributed by atoms with E-state index in [9.17, 15) is 13.2 Å². The van der Waals surface area contributed by atoms with E-state index >= 15 is 0 Å². The number of nitrogens with zero attached hydrogens (tertiary/aromatic N) is 3. The summed E-state index contributed by atoms with van der Waals surface area (Å²) in [4.78, 5) is 10.00. The molecular formula is C14H13ClF3N3. The summed E-state index contributed by atoms with van der Waals surface area (Å²) in [6, 6.07) is 5.14. The average molecular weight is 316 g/mol. The van der Waals surface area contributed by atoms with Crippen LogP contribution in [0.5, 0.6) is 0 Å². The highest BCUT2D eigenvalue weighted by molar-refractivity contribution is 6.31. The second-order valence-corrected chi connectivity index (χ2v) is 5.62. The van der Waals surface area contributed by atoms with Gasteiger partial charge in [-0.05, 0) is 31.0 Å². The number of rotatable bonds is 1. The molecule has 0 bridgehead atoms. The molecule has 1 aliphatic heterocycles. The van der Waals surface area contributed by atoms with Crippen LogP contribution in [0.25, 0.3) is 10.9 Å². The van der Waals surface area contributed by atoms with E-state index in [1.165, 1.54) is 6.33 Å². The lowest BCUT2D eigenvalue weighted by atomic mass is 9.97. The van der Waals surface area contributed by atoms with Crippen LogP contribution in [0.3, 0.4) is 0 Å². The zero-order chi connectivity index (χ0) is 15.0. The van der Waals surface area contributed by atoms with Gasteiger partial charge in [0.1, 0.15) is 12.1 Å². The normalized spacial score (nSPS) is 20.0. The number of benzene rings is 1. The molecule has 0 N–H and O–H groups in total. The summed E-state index contributed by atoms with van der Waals surface area (Å²) >= 11 is 5.92. The van der Waals surface area contributed by atoms with Gasteiger partial charge in [0.2, 0.25) is 0 Å². The Morgan fingerprint density at radius 1 is 1.24 bits per heavy atom. The summed E-state index contributed by atoms with van der Waals surface area (Å²) in [7, 11) is 0. The SMILES string of the molecule is FC(F)(F)[C@@H]1CCCN(c2ncnc3cc(Cl)ccc23)C1. The molecule has 0 unspecified atom stereocenters. The van der Waals surface area contributed by atoms with Gasteiger partial charge in [0.25, 0.3) is 0 Å². The Kier molecular flexibility index (Phi) is 3.65. The zero-order valence-electron chi connectivity index (χ0n) is 11.1. The molecule has 3 nitrogen and oxygen atoms in total. The molecule has 1 atom stereocenters. The maximum atomic E-state index is 12.9. The highest BCUT2D eigenvalue weighted by Crippen LogP contribution is 2.35. The standard InChI is InChI=1S/C14H13ClF3N3/c15-10-3-4-11-12(6-10)19-8-20-13(11)21-5-1-2-9(7-21)14(16,17)18/h3-4,6,8-9H,1-2,5,7H2/t9-/m1/s1. The average Bonchev–Trinajstić information content (AvgIpc) is 2.45. The summed E-state index contributed by atoms with van der Waals surface area (Å²) in [5, 5.41) is 1.27. The van der Waals surface area contributed by atoms with Crippen molar-refractivity contribution < 1.29 is 13.2 Å². The second-order valence-electron chi connectivity index (χ2n) is 5.19. The Labute approximate surface area is 124 Å². The third kappa shape index (κ3) is 2.90. The first kappa shape index (κ1) is 14.4. The molecule has 1 fully saturated rings. The van der Waals surface area contributed by atoms with Gasteiger partial charge in [-0.15, -0.1) is 0 Å². The number of aromatic nitrogens is 2. The maximum absolute atomic E-state index is 12.9. The minimum absolute atomic E-state index is 0.0573. The number of hydrogen-bond acceptors (Lipinski definition) is 3. The first-order valence-corrected chi connectivity index (χ1v) is 7.05. The van der Waals surface area contributed by atoms with Crippen LogP contribution in [0.15, 0.2) is 24.5 Å². The molecular weight excluding hydrogens is 303 g/mol. The van der Waals surface area contributed by atoms with Crippen molar-refractivity contribution in [2.24, 2.45) is 5.92 Å². The number of piperidine rings is 1. The van der Waals surface area contributed by atoms with Crippen molar-refractivity contribution in [3.05, 3.63) is 29.5 Å². The van der Waals surface area contributed by atoms with E-state index in [0.717, 1.165) is 5.39 Å². The van der Waals surface area contributed by atoms with E-state index in [-0.39, 0.29) is 13.0 Å². The molecule has 7 heteroatoms. The Morgan fingerprint density at radius 2 is 2.05 bits per heavy atom. The van der Waals surface area contributed by atoms with E-state index in [4.69, 9.17) is 11.6 Å². The molecule has 2 aromatic rings. The Hall–Kier alpha value is -1.56. The predicted molar refractivity (Wildman–Crippen MR) is 75.5 cm³/mol. The first-order valence-electron chi connectivity index (χ1n) is 6.67. The van der Waals surface area contributed by atoms with E-state index in [2.05, 4.69) is 9.97 Å². The monoisotopic (exact) mass is 315 g/mol. The number of anilines is 1. The van der Waals surface area contributed by atoms with Gasteiger partial charge in [0.05, 0.1) is 11.4 Å². The van der Waals surface area contributed by atoms with Crippen molar-refractivity contribution >= 4 is 28.3 Å². The summed E-state index contributed by atoms with van der Waals surface area (Å²) in [6.45, 7) is 0.513. The molecule has 1 saturated heterocycles. The van der Waals surface area contributed by atoms with E-state index in [1.807, 2.05) is 0 Å². The molecule has 0 radical (unpaired) electrons. The summed E-state index contributed by atoms with van der Waals surface area (Å²) in [5.74, 6) is -0.755.